The highest BCUT2D eigenvalue weighted by Gasteiger charge is 2.27. The molecule has 5 nitrogen and oxygen atoms in total. The van der Waals surface area contributed by atoms with Gasteiger partial charge < -0.3 is 21.1 Å². The second kappa shape index (κ2) is 9.97. The first kappa shape index (κ1) is 20.8. The van der Waals surface area contributed by atoms with Gasteiger partial charge >= 0.3 is 0 Å². The van der Waals surface area contributed by atoms with E-state index in [1.54, 1.807) is 7.11 Å². The highest BCUT2D eigenvalue weighted by Crippen LogP contribution is 2.22. The first-order chi connectivity index (χ1) is 13.0. The standard InChI is InChI=1S/C22H32N4O/c1-5-22(6-2,26-17(3)18-10-8-7-9-11-18)16-24-21(23)25-19-12-14-20(27-4)15-13-19/h7-15,17,26H,5-6,16H2,1-4H3,(H3,23,24,25). The van der Waals surface area contributed by atoms with E-state index in [1.165, 1.54) is 5.56 Å². The summed E-state index contributed by atoms with van der Waals surface area (Å²) in [6.45, 7) is 7.19. The number of nitrogens with one attached hydrogen (secondary N) is 2. The van der Waals surface area contributed by atoms with Crippen LogP contribution in [0.2, 0.25) is 0 Å². The Morgan fingerprint density at radius 1 is 1.07 bits per heavy atom. The molecular weight excluding hydrogens is 336 g/mol. The molecule has 0 amide bonds. The summed E-state index contributed by atoms with van der Waals surface area (Å²) in [7, 11) is 1.65. The van der Waals surface area contributed by atoms with E-state index in [-0.39, 0.29) is 11.6 Å². The minimum absolute atomic E-state index is 0.0958. The lowest BCUT2D eigenvalue weighted by Crippen LogP contribution is -2.48. The minimum atomic E-state index is -0.0958. The molecule has 2 rings (SSSR count). The predicted molar refractivity (Wildman–Crippen MR) is 114 cm³/mol. The number of nitrogens with zero attached hydrogens (tertiary/aromatic N) is 1. The van der Waals surface area contributed by atoms with Crippen molar-refractivity contribution in [3.8, 4) is 5.75 Å². The van der Waals surface area contributed by atoms with Crippen molar-refractivity contribution < 1.29 is 4.74 Å². The molecule has 0 aromatic heterocycles. The lowest BCUT2D eigenvalue weighted by molar-refractivity contribution is 0.281. The van der Waals surface area contributed by atoms with E-state index in [0.717, 1.165) is 24.3 Å². The van der Waals surface area contributed by atoms with E-state index >= 15 is 0 Å². The van der Waals surface area contributed by atoms with E-state index in [1.807, 2.05) is 30.3 Å². The van der Waals surface area contributed by atoms with Crippen molar-refractivity contribution in [2.24, 2.45) is 10.7 Å². The molecule has 5 heteroatoms. The number of hydrogen-bond donors (Lipinski definition) is 3. The molecule has 4 N–H and O–H groups in total. The molecule has 0 radical (unpaired) electrons. The molecule has 0 saturated carbocycles. The monoisotopic (exact) mass is 368 g/mol. The Balaban J connectivity index is 2.03. The van der Waals surface area contributed by atoms with Gasteiger partial charge in [-0.05, 0) is 49.6 Å². The second-order valence-corrected chi connectivity index (χ2v) is 6.82. The highest BCUT2D eigenvalue weighted by molar-refractivity contribution is 5.92. The van der Waals surface area contributed by atoms with Crippen LogP contribution in [0.3, 0.4) is 0 Å². The average molecular weight is 369 g/mol. The van der Waals surface area contributed by atoms with Gasteiger partial charge in [-0.1, -0.05) is 44.2 Å². The van der Waals surface area contributed by atoms with Gasteiger partial charge in [0.2, 0.25) is 0 Å². The fourth-order valence-electron chi connectivity index (χ4n) is 3.11. The van der Waals surface area contributed by atoms with Crippen LogP contribution in [0.15, 0.2) is 59.6 Å². The van der Waals surface area contributed by atoms with Gasteiger partial charge in [0.15, 0.2) is 5.96 Å². The number of methoxy groups -OCH3 is 1. The fourth-order valence-corrected chi connectivity index (χ4v) is 3.11. The number of rotatable bonds is 9. The molecule has 0 heterocycles. The lowest BCUT2D eigenvalue weighted by Gasteiger charge is -2.35. The first-order valence-corrected chi connectivity index (χ1v) is 9.55. The van der Waals surface area contributed by atoms with E-state index in [2.05, 4.69) is 60.7 Å². The van der Waals surface area contributed by atoms with Crippen LogP contribution in [0.25, 0.3) is 0 Å². The Hall–Kier alpha value is -2.53. The fraction of sp³-hybridized carbons (Fsp3) is 0.409. The van der Waals surface area contributed by atoms with Crippen molar-refractivity contribution in [1.82, 2.24) is 5.32 Å². The molecule has 27 heavy (non-hydrogen) atoms. The Morgan fingerprint density at radius 3 is 2.26 bits per heavy atom. The SMILES string of the molecule is CCC(CC)(CN=C(N)Nc1ccc(OC)cc1)NC(C)c1ccccc1. The Bertz CT molecular complexity index is 709. The van der Waals surface area contributed by atoms with Crippen LogP contribution in [0.4, 0.5) is 5.69 Å². The molecule has 0 fully saturated rings. The molecule has 1 unspecified atom stereocenters. The smallest absolute Gasteiger partial charge is 0.193 e. The number of guanidine groups is 1. The summed E-state index contributed by atoms with van der Waals surface area (Å²) in [5.74, 6) is 1.23. The summed E-state index contributed by atoms with van der Waals surface area (Å²) in [5, 5.41) is 6.92. The van der Waals surface area contributed by atoms with Gasteiger partial charge in [0.25, 0.3) is 0 Å². The van der Waals surface area contributed by atoms with Crippen LogP contribution in [-0.4, -0.2) is 25.2 Å². The van der Waals surface area contributed by atoms with Crippen molar-refractivity contribution >= 4 is 11.6 Å². The number of ether oxygens (including phenoxy) is 1. The van der Waals surface area contributed by atoms with Crippen LogP contribution in [0, 0.1) is 0 Å². The number of aliphatic imine (C=N–C) groups is 1. The Labute approximate surface area is 163 Å². The zero-order valence-electron chi connectivity index (χ0n) is 16.8. The third kappa shape index (κ3) is 6.00. The zero-order valence-corrected chi connectivity index (χ0v) is 16.8. The van der Waals surface area contributed by atoms with Gasteiger partial charge in [0.1, 0.15) is 5.75 Å². The molecule has 2 aromatic rings. The third-order valence-electron chi connectivity index (χ3n) is 5.09. The van der Waals surface area contributed by atoms with Crippen molar-refractivity contribution in [3.05, 3.63) is 60.2 Å². The van der Waals surface area contributed by atoms with E-state index in [9.17, 15) is 0 Å². The van der Waals surface area contributed by atoms with Crippen molar-refractivity contribution in [2.45, 2.75) is 45.2 Å². The van der Waals surface area contributed by atoms with Gasteiger partial charge in [0.05, 0.1) is 13.7 Å². The number of hydrogen-bond acceptors (Lipinski definition) is 3. The van der Waals surface area contributed by atoms with Crippen LogP contribution < -0.4 is 21.1 Å². The van der Waals surface area contributed by atoms with Crippen molar-refractivity contribution in [2.75, 3.05) is 19.0 Å². The van der Waals surface area contributed by atoms with Crippen LogP contribution in [0.1, 0.15) is 45.2 Å². The number of anilines is 1. The largest absolute Gasteiger partial charge is 0.497 e. The summed E-state index contributed by atoms with van der Waals surface area (Å²) in [5.41, 5.74) is 8.18. The maximum atomic E-state index is 6.11. The molecule has 146 valence electrons. The van der Waals surface area contributed by atoms with Crippen molar-refractivity contribution in [3.63, 3.8) is 0 Å². The highest BCUT2D eigenvalue weighted by atomic mass is 16.5. The summed E-state index contributed by atoms with van der Waals surface area (Å²) >= 11 is 0. The molecular formula is C22H32N4O. The molecule has 0 bridgehead atoms. The molecule has 1 atom stereocenters. The maximum absolute atomic E-state index is 6.11. The second-order valence-electron chi connectivity index (χ2n) is 6.82. The minimum Gasteiger partial charge on any atom is -0.497 e. The topological polar surface area (TPSA) is 71.7 Å². The van der Waals surface area contributed by atoms with Gasteiger partial charge in [-0.25, -0.2) is 0 Å². The van der Waals surface area contributed by atoms with Gasteiger partial charge in [-0.2, -0.15) is 0 Å². The number of benzene rings is 2. The van der Waals surface area contributed by atoms with Crippen LogP contribution in [-0.2, 0) is 0 Å². The van der Waals surface area contributed by atoms with E-state index < -0.39 is 0 Å². The molecule has 0 aliphatic heterocycles. The Morgan fingerprint density at radius 2 is 1.70 bits per heavy atom. The van der Waals surface area contributed by atoms with Crippen molar-refractivity contribution in [1.29, 1.82) is 0 Å². The molecule has 0 spiro atoms. The quantitative estimate of drug-likeness (QED) is 0.455. The molecule has 2 aromatic carbocycles. The summed E-state index contributed by atoms with van der Waals surface area (Å²) in [6.07, 6.45) is 1.94. The van der Waals surface area contributed by atoms with Crippen LogP contribution in [0.5, 0.6) is 5.75 Å². The molecule has 0 aliphatic carbocycles. The van der Waals surface area contributed by atoms with Gasteiger partial charge in [-0.3, -0.25) is 4.99 Å². The zero-order chi connectivity index (χ0) is 19.7. The maximum Gasteiger partial charge on any atom is 0.193 e. The van der Waals surface area contributed by atoms with E-state index in [4.69, 9.17) is 10.5 Å². The number of nitrogens with two attached hydrogens (primary N) is 1. The lowest BCUT2D eigenvalue weighted by atomic mass is 9.91. The molecule has 0 saturated heterocycles. The van der Waals surface area contributed by atoms with Crippen LogP contribution >= 0.6 is 0 Å². The first-order valence-electron chi connectivity index (χ1n) is 9.55. The average Bonchev–Trinajstić information content (AvgIpc) is 2.72. The molecule has 0 aliphatic rings. The third-order valence-corrected chi connectivity index (χ3v) is 5.09. The van der Waals surface area contributed by atoms with Gasteiger partial charge in [0, 0.05) is 17.3 Å². The normalized spacial score (nSPS) is 13.3. The Kier molecular flexibility index (Phi) is 7.67. The predicted octanol–water partition coefficient (Wildman–Crippen LogP) is 4.33. The summed E-state index contributed by atoms with van der Waals surface area (Å²) < 4.78 is 5.17. The van der Waals surface area contributed by atoms with Gasteiger partial charge in [-0.15, -0.1) is 0 Å². The van der Waals surface area contributed by atoms with E-state index in [0.29, 0.717) is 12.5 Å². The summed E-state index contributed by atoms with van der Waals surface area (Å²) in [4.78, 5) is 4.61. The summed E-state index contributed by atoms with van der Waals surface area (Å²) in [6, 6.07) is 18.4.